The molecule has 1 aliphatic heterocycles. The summed E-state index contributed by atoms with van der Waals surface area (Å²) in [6, 6.07) is 6.18. The molecule has 98 valence electrons. The molecule has 1 saturated carbocycles. The second kappa shape index (κ2) is 5.30. The van der Waals surface area contributed by atoms with Crippen molar-refractivity contribution in [3.63, 3.8) is 0 Å². The molecule has 1 heterocycles. The van der Waals surface area contributed by atoms with Gasteiger partial charge in [0.05, 0.1) is 4.47 Å². The Bertz CT molecular complexity index is 435. The van der Waals surface area contributed by atoms with E-state index in [4.69, 9.17) is 0 Å². The van der Waals surface area contributed by atoms with Gasteiger partial charge in [-0.2, -0.15) is 0 Å². The number of fused-ring (bicyclic) bond motifs is 1. The summed E-state index contributed by atoms with van der Waals surface area (Å²) in [6.45, 7) is 2.18. The van der Waals surface area contributed by atoms with Crippen LogP contribution in [0.3, 0.4) is 0 Å². The van der Waals surface area contributed by atoms with Crippen molar-refractivity contribution in [2.75, 3.05) is 6.54 Å². The molecule has 2 atom stereocenters. The van der Waals surface area contributed by atoms with E-state index in [1.807, 2.05) is 12.1 Å². The number of hydrogen-bond donors (Lipinski definition) is 0. The van der Waals surface area contributed by atoms with E-state index in [0.29, 0.717) is 4.47 Å². The van der Waals surface area contributed by atoms with Crippen LogP contribution >= 0.6 is 15.9 Å². The average Bonchev–Trinajstić information content (AvgIpc) is 2.78. The van der Waals surface area contributed by atoms with Gasteiger partial charge in [0.2, 0.25) is 0 Å². The van der Waals surface area contributed by atoms with Crippen LogP contribution in [0.15, 0.2) is 22.7 Å². The normalized spacial score (nSPS) is 28.3. The summed E-state index contributed by atoms with van der Waals surface area (Å²) in [5.74, 6) is 0.748. The van der Waals surface area contributed by atoms with Crippen LogP contribution in [0, 0.1) is 11.7 Å². The quantitative estimate of drug-likeness (QED) is 0.784. The molecule has 1 saturated heterocycles. The first-order valence-electron chi connectivity index (χ1n) is 6.92. The number of rotatable bonds is 2. The highest BCUT2D eigenvalue weighted by Gasteiger charge is 2.35. The summed E-state index contributed by atoms with van der Waals surface area (Å²) < 4.78 is 13.8. The van der Waals surface area contributed by atoms with Crippen molar-refractivity contribution < 1.29 is 4.39 Å². The Morgan fingerprint density at radius 1 is 1.22 bits per heavy atom. The molecular weight excluding hydrogens is 293 g/mol. The molecule has 0 radical (unpaired) electrons. The molecule has 3 rings (SSSR count). The zero-order valence-electron chi connectivity index (χ0n) is 10.5. The lowest BCUT2D eigenvalue weighted by atomic mass is 9.85. The molecule has 0 bridgehead atoms. The third kappa shape index (κ3) is 2.48. The molecule has 1 aromatic rings. The largest absolute Gasteiger partial charge is 0.296 e. The highest BCUT2D eigenvalue weighted by atomic mass is 79.9. The first-order chi connectivity index (χ1) is 8.74. The maximum atomic E-state index is 13.2. The topological polar surface area (TPSA) is 3.24 Å². The predicted octanol–water partition coefficient (Wildman–Crippen LogP) is 4.35. The predicted molar refractivity (Wildman–Crippen MR) is 74.9 cm³/mol. The number of hydrogen-bond acceptors (Lipinski definition) is 1. The summed E-state index contributed by atoms with van der Waals surface area (Å²) >= 11 is 3.27. The zero-order valence-corrected chi connectivity index (χ0v) is 12.1. The van der Waals surface area contributed by atoms with Crippen LogP contribution in [0.25, 0.3) is 0 Å². The number of halogens is 2. The Hall–Kier alpha value is -0.410. The lowest BCUT2D eigenvalue weighted by molar-refractivity contribution is 0.176. The minimum absolute atomic E-state index is 0.171. The van der Waals surface area contributed by atoms with Gasteiger partial charge >= 0.3 is 0 Å². The smallest absolute Gasteiger partial charge is 0.137 e. The fourth-order valence-electron chi connectivity index (χ4n) is 3.57. The van der Waals surface area contributed by atoms with Gasteiger partial charge in [0.15, 0.2) is 0 Å². The molecule has 1 aliphatic carbocycles. The van der Waals surface area contributed by atoms with Gasteiger partial charge < -0.3 is 0 Å². The molecule has 2 aliphatic rings. The molecule has 3 heteroatoms. The lowest BCUT2D eigenvalue weighted by Crippen LogP contribution is -2.34. The van der Waals surface area contributed by atoms with E-state index in [-0.39, 0.29) is 5.82 Å². The third-order valence-corrected chi connectivity index (χ3v) is 5.10. The summed E-state index contributed by atoms with van der Waals surface area (Å²) in [6.07, 6.45) is 6.91. The van der Waals surface area contributed by atoms with E-state index in [1.54, 1.807) is 6.07 Å². The maximum absolute atomic E-state index is 13.2. The van der Waals surface area contributed by atoms with Crippen LogP contribution in [-0.4, -0.2) is 17.5 Å². The van der Waals surface area contributed by atoms with Crippen LogP contribution in [0.1, 0.15) is 37.7 Å². The summed E-state index contributed by atoms with van der Waals surface area (Å²) in [5.41, 5.74) is 1.22. The molecule has 2 fully saturated rings. The summed E-state index contributed by atoms with van der Waals surface area (Å²) in [4.78, 5) is 2.60. The van der Waals surface area contributed by atoms with E-state index >= 15 is 0 Å². The van der Waals surface area contributed by atoms with Gasteiger partial charge in [-0.3, -0.25) is 4.90 Å². The number of nitrogens with zero attached hydrogens (tertiary/aromatic N) is 1. The Balaban J connectivity index is 1.70. The Labute approximate surface area is 116 Å². The van der Waals surface area contributed by atoms with Crippen molar-refractivity contribution in [3.05, 3.63) is 34.1 Å². The molecule has 1 aromatic carbocycles. The maximum Gasteiger partial charge on any atom is 0.137 e. The molecule has 0 N–H and O–H groups in total. The fraction of sp³-hybridized carbons (Fsp3) is 0.600. The molecule has 0 aromatic heterocycles. The Kier molecular flexibility index (Phi) is 3.71. The Morgan fingerprint density at radius 2 is 2.06 bits per heavy atom. The molecule has 0 amide bonds. The number of benzene rings is 1. The molecule has 18 heavy (non-hydrogen) atoms. The van der Waals surface area contributed by atoms with Crippen LogP contribution in [0.4, 0.5) is 4.39 Å². The summed E-state index contributed by atoms with van der Waals surface area (Å²) in [5, 5.41) is 0. The minimum Gasteiger partial charge on any atom is -0.296 e. The second-order valence-electron chi connectivity index (χ2n) is 5.62. The van der Waals surface area contributed by atoms with Gasteiger partial charge in [0.1, 0.15) is 5.82 Å². The van der Waals surface area contributed by atoms with Gasteiger partial charge in [-0.15, -0.1) is 0 Å². The van der Waals surface area contributed by atoms with E-state index in [0.717, 1.165) is 18.5 Å². The van der Waals surface area contributed by atoms with Gasteiger partial charge in [0.25, 0.3) is 0 Å². The lowest BCUT2D eigenvalue weighted by Gasteiger charge is -2.31. The summed E-state index contributed by atoms with van der Waals surface area (Å²) in [7, 11) is 0. The van der Waals surface area contributed by atoms with Crippen molar-refractivity contribution in [1.82, 2.24) is 4.90 Å². The van der Waals surface area contributed by atoms with E-state index < -0.39 is 0 Å². The Morgan fingerprint density at radius 3 is 2.89 bits per heavy atom. The van der Waals surface area contributed by atoms with Crippen molar-refractivity contribution in [1.29, 1.82) is 0 Å². The zero-order chi connectivity index (χ0) is 12.5. The van der Waals surface area contributed by atoms with E-state index in [1.165, 1.54) is 44.2 Å². The van der Waals surface area contributed by atoms with Gasteiger partial charge in [-0.1, -0.05) is 18.9 Å². The van der Waals surface area contributed by atoms with Crippen LogP contribution in [0.5, 0.6) is 0 Å². The van der Waals surface area contributed by atoms with Crippen molar-refractivity contribution in [2.24, 2.45) is 5.92 Å². The molecule has 0 spiro atoms. The van der Waals surface area contributed by atoms with Crippen molar-refractivity contribution in [2.45, 2.75) is 44.7 Å². The second-order valence-corrected chi connectivity index (χ2v) is 6.47. The van der Waals surface area contributed by atoms with Crippen molar-refractivity contribution in [3.8, 4) is 0 Å². The standard InChI is InChI=1S/C15H19BrFN/c16-13-9-11(5-6-14(13)17)10-18-8-7-12-3-1-2-4-15(12)18/h5-6,9,12,15H,1-4,7-8,10H2. The van der Waals surface area contributed by atoms with Crippen molar-refractivity contribution >= 4 is 15.9 Å². The molecule has 1 nitrogen and oxygen atoms in total. The van der Waals surface area contributed by atoms with Gasteiger partial charge in [-0.05, 0) is 65.4 Å². The first kappa shape index (κ1) is 12.6. The SMILES string of the molecule is Fc1ccc(CN2CCC3CCCCC32)cc1Br. The average molecular weight is 312 g/mol. The highest BCUT2D eigenvalue weighted by molar-refractivity contribution is 9.10. The van der Waals surface area contributed by atoms with Crippen LogP contribution in [-0.2, 0) is 6.54 Å². The molecular formula is C15H19BrFN. The van der Waals surface area contributed by atoms with E-state index in [9.17, 15) is 4.39 Å². The van der Waals surface area contributed by atoms with Crippen LogP contribution < -0.4 is 0 Å². The van der Waals surface area contributed by atoms with Gasteiger partial charge in [-0.25, -0.2) is 4.39 Å². The number of likely N-dealkylation sites (tertiary alicyclic amines) is 1. The minimum atomic E-state index is -0.171. The van der Waals surface area contributed by atoms with Gasteiger partial charge in [0, 0.05) is 12.6 Å². The third-order valence-electron chi connectivity index (χ3n) is 4.49. The first-order valence-corrected chi connectivity index (χ1v) is 7.71. The highest BCUT2D eigenvalue weighted by Crippen LogP contribution is 2.37. The van der Waals surface area contributed by atoms with Crippen LogP contribution in [0.2, 0.25) is 0 Å². The van der Waals surface area contributed by atoms with E-state index in [2.05, 4.69) is 20.8 Å². The molecule has 2 unspecified atom stereocenters. The monoisotopic (exact) mass is 311 g/mol. The fourth-order valence-corrected chi connectivity index (χ4v) is 4.00.